The van der Waals surface area contributed by atoms with E-state index in [0.717, 1.165) is 28.1 Å². The fourth-order valence-electron chi connectivity index (χ4n) is 1.91. The summed E-state index contributed by atoms with van der Waals surface area (Å²) in [5, 5.41) is 0. The topological polar surface area (TPSA) is 20.3 Å². The summed E-state index contributed by atoms with van der Waals surface area (Å²) in [5.74, 6) is 2.49. The molecule has 0 N–H and O–H groups in total. The van der Waals surface area contributed by atoms with E-state index in [1.807, 2.05) is 36.0 Å². The van der Waals surface area contributed by atoms with Crippen molar-refractivity contribution in [3.05, 3.63) is 34.3 Å². The predicted octanol–water partition coefficient (Wildman–Crippen LogP) is 3.07. The van der Waals surface area contributed by atoms with Gasteiger partial charge in [0, 0.05) is 34.1 Å². The van der Waals surface area contributed by atoms with E-state index in [-0.39, 0.29) is 5.78 Å². The Morgan fingerprint density at radius 3 is 2.82 bits per heavy atom. The van der Waals surface area contributed by atoms with E-state index in [4.69, 9.17) is 0 Å². The number of carbonyl (C=O) groups is 1. The van der Waals surface area contributed by atoms with Crippen molar-refractivity contribution in [3.63, 3.8) is 0 Å². The molecule has 2 rings (SSSR count). The number of benzene rings is 1. The zero-order valence-corrected chi connectivity index (χ0v) is 12.3. The molecular weight excluding hydrogens is 298 g/mol. The molecule has 17 heavy (non-hydrogen) atoms. The van der Waals surface area contributed by atoms with E-state index in [2.05, 4.69) is 27.8 Å². The fraction of sp³-hybridized carbons (Fsp3) is 0.462. The van der Waals surface area contributed by atoms with Crippen LogP contribution in [0, 0.1) is 0 Å². The van der Waals surface area contributed by atoms with E-state index in [1.165, 1.54) is 0 Å². The molecule has 92 valence electrons. The lowest BCUT2D eigenvalue weighted by Crippen LogP contribution is -2.43. The Morgan fingerprint density at radius 1 is 1.47 bits per heavy atom. The SMILES string of the molecule is CC1CSCCN1CC(=O)c1ccc(Br)cc1. The van der Waals surface area contributed by atoms with Crippen molar-refractivity contribution >= 4 is 33.5 Å². The van der Waals surface area contributed by atoms with Crippen LogP contribution in [0.2, 0.25) is 0 Å². The van der Waals surface area contributed by atoms with Crippen LogP contribution in [0.25, 0.3) is 0 Å². The Labute approximate surface area is 115 Å². The molecule has 0 saturated carbocycles. The summed E-state index contributed by atoms with van der Waals surface area (Å²) < 4.78 is 1.01. The Morgan fingerprint density at radius 2 is 2.18 bits per heavy atom. The first-order valence-electron chi connectivity index (χ1n) is 5.77. The molecule has 1 unspecified atom stereocenters. The molecule has 1 aliphatic rings. The van der Waals surface area contributed by atoms with E-state index < -0.39 is 0 Å². The van der Waals surface area contributed by atoms with Crippen LogP contribution >= 0.6 is 27.7 Å². The lowest BCUT2D eigenvalue weighted by atomic mass is 10.1. The molecule has 0 aromatic heterocycles. The van der Waals surface area contributed by atoms with E-state index >= 15 is 0 Å². The molecule has 1 aliphatic heterocycles. The van der Waals surface area contributed by atoms with Gasteiger partial charge in [0.1, 0.15) is 0 Å². The van der Waals surface area contributed by atoms with Gasteiger partial charge in [0.15, 0.2) is 5.78 Å². The second kappa shape index (κ2) is 6.03. The average molecular weight is 314 g/mol. The van der Waals surface area contributed by atoms with E-state index in [1.54, 1.807) is 0 Å². The van der Waals surface area contributed by atoms with Crippen LogP contribution in [-0.4, -0.2) is 41.3 Å². The highest BCUT2D eigenvalue weighted by molar-refractivity contribution is 9.10. The number of thioether (sulfide) groups is 1. The summed E-state index contributed by atoms with van der Waals surface area (Å²) in [7, 11) is 0. The number of halogens is 1. The third kappa shape index (κ3) is 3.57. The van der Waals surface area contributed by atoms with Crippen LogP contribution in [0.15, 0.2) is 28.7 Å². The smallest absolute Gasteiger partial charge is 0.176 e. The van der Waals surface area contributed by atoms with Crippen LogP contribution in [0.5, 0.6) is 0 Å². The average Bonchev–Trinajstić information content (AvgIpc) is 2.33. The van der Waals surface area contributed by atoms with Crippen molar-refractivity contribution in [1.29, 1.82) is 0 Å². The number of hydrogen-bond donors (Lipinski definition) is 0. The van der Waals surface area contributed by atoms with Gasteiger partial charge in [-0.05, 0) is 19.1 Å². The van der Waals surface area contributed by atoms with Gasteiger partial charge in [-0.3, -0.25) is 9.69 Å². The van der Waals surface area contributed by atoms with Gasteiger partial charge in [0.05, 0.1) is 6.54 Å². The number of hydrogen-bond acceptors (Lipinski definition) is 3. The number of ketones is 1. The zero-order valence-electron chi connectivity index (χ0n) is 9.86. The van der Waals surface area contributed by atoms with Gasteiger partial charge in [-0.1, -0.05) is 28.1 Å². The molecule has 0 radical (unpaired) electrons. The van der Waals surface area contributed by atoms with Crippen molar-refractivity contribution in [3.8, 4) is 0 Å². The highest BCUT2D eigenvalue weighted by atomic mass is 79.9. The molecule has 1 aromatic rings. The van der Waals surface area contributed by atoms with Gasteiger partial charge in [0.25, 0.3) is 0 Å². The van der Waals surface area contributed by atoms with Gasteiger partial charge >= 0.3 is 0 Å². The minimum Gasteiger partial charge on any atom is -0.293 e. The highest BCUT2D eigenvalue weighted by Crippen LogP contribution is 2.17. The van der Waals surface area contributed by atoms with Crippen molar-refractivity contribution in [2.45, 2.75) is 13.0 Å². The normalized spacial score (nSPS) is 21.4. The van der Waals surface area contributed by atoms with Crippen LogP contribution in [0.1, 0.15) is 17.3 Å². The zero-order chi connectivity index (χ0) is 12.3. The molecule has 0 amide bonds. The fourth-order valence-corrected chi connectivity index (χ4v) is 3.25. The third-order valence-electron chi connectivity index (χ3n) is 3.02. The Balaban J connectivity index is 1.98. The van der Waals surface area contributed by atoms with Crippen LogP contribution in [-0.2, 0) is 0 Å². The minimum atomic E-state index is 0.219. The summed E-state index contributed by atoms with van der Waals surface area (Å²) in [6.07, 6.45) is 0. The van der Waals surface area contributed by atoms with Crippen molar-refractivity contribution in [2.24, 2.45) is 0 Å². The predicted molar refractivity (Wildman–Crippen MR) is 76.8 cm³/mol. The molecule has 1 fully saturated rings. The van der Waals surface area contributed by atoms with Crippen LogP contribution in [0.3, 0.4) is 0 Å². The number of rotatable bonds is 3. The van der Waals surface area contributed by atoms with Gasteiger partial charge in [-0.15, -0.1) is 0 Å². The first kappa shape index (κ1) is 13.1. The number of carbonyl (C=O) groups excluding carboxylic acids is 1. The van der Waals surface area contributed by atoms with Crippen LogP contribution in [0.4, 0.5) is 0 Å². The molecule has 0 bridgehead atoms. The lowest BCUT2D eigenvalue weighted by molar-refractivity contribution is 0.0911. The van der Waals surface area contributed by atoms with Crippen molar-refractivity contribution in [1.82, 2.24) is 4.90 Å². The molecule has 4 heteroatoms. The Hall–Kier alpha value is -0.320. The maximum atomic E-state index is 12.1. The van der Waals surface area contributed by atoms with Gasteiger partial charge in [0.2, 0.25) is 0 Å². The molecule has 1 aromatic carbocycles. The molecule has 1 atom stereocenters. The summed E-state index contributed by atoms with van der Waals surface area (Å²) in [5.41, 5.74) is 0.804. The molecule has 0 aliphatic carbocycles. The molecule has 2 nitrogen and oxygen atoms in total. The van der Waals surface area contributed by atoms with E-state index in [9.17, 15) is 4.79 Å². The summed E-state index contributed by atoms with van der Waals surface area (Å²) >= 11 is 5.35. The molecule has 1 heterocycles. The lowest BCUT2D eigenvalue weighted by Gasteiger charge is -2.32. The van der Waals surface area contributed by atoms with Gasteiger partial charge in [-0.25, -0.2) is 0 Å². The quantitative estimate of drug-likeness (QED) is 0.800. The Bertz CT molecular complexity index is 393. The maximum Gasteiger partial charge on any atom is 0.176 e. The Kier molecular flexibility index (Phi) is 4.65. The minimum absolute atomic E-state index is 0.219. The first-order valence-corrected chi connectivity index (χ1v) is 7.72. The molecule has 1 saturated heterocycles. The van der Waals surface area contributed by atoms with E-state index in [0.29, 0.717) is 12.6 Å². The highest BCUT2D eigenvalue weighted by Gasteiger charge is 2.21. The standard InChI is InChI=1S/C13H16BrNOS/c1-10-9-17-7-6-15(10)8-13(16)11-2-4-12(14)5-3-11/h2-5,10H,6-9H2,1H3. The molecule has 0 spiro atoms. The maximum absolute atomic E-state index is 12.1. The summed E-state index contributed by atoms with van der Waals surface area (Å²) in [4.78, 5) is 14.4. The first-order chi connectivity index (χ1) is 8.16. The van der Waals surface area contributed by atoms with Crippen LogP contribution < -0.4 is 0 Å². The summed E-state index contributed by atoms with van der Waals surface area (Å²) in [6, 6.07) is 8.12. The number of nitrogens with zero attached hydrogens (tertiary/aromatic N) is 1. The summed E-state index contributed by atoms with van der Waals surface area (Å²) in [6.45, 7) is 3.76. The van der Waals surface area contributed by atoms with Gasteiger partial charge < -0.3 is 0 Å². The second-order valence-electron chi connectivity index (χ2n) is 4.32. The number of Topliss-reactive ketones (excluding diaryl/α,β-unsaturated/α-hetero) is 1. The largest absolute Gasteiger partial charge is 0.293 e. The van der Waals surface area contributed by atoms with Gasteiger partial charge in [-0.2, -0.15) is 11.8 Å². The second-order valence-corrected chi connectivity index (χ2v) is 6.39. The molecular formula is C13H16BrNOS. The monoisotopic (exact) mass is 313 g/mol. The van der Waals surface area contributed by atoms with Crippen molar-refractivity contribution < 1.29 is 4.79 Å². The van der Waals surface area contributed by atoms with Crippen molar-refractivity contribution in [2.75, 3.05) is 24.6 Å². The third-order valence-corrected chi connectivity index (χ3v) is 4.74.